The van der Waals surface area contributed by atoms with Crippen LogP contribution in [0, 0.1) is 0 Å². The van der Waals surface area contributed by atoms with E-state index in [0.717, 1.165) is 20.8 Å². The van der Waals surface area contributed by atoms with Crippen molar-refractivity contribution in [3.05, 3.63) is 100 Å². The summed E-state index contributed by atoms with van der Waals surface area (Å²) >= 11 is 3.54. The first kappa shape index (κ1) is 31.9. The number of carbonyl (C=O) groups is 4. The van der Waals surface area contributed by atoms with Gasteiger partial charge in [-0.3, -0.25) is 19.2 Å². The summed E-state index contributed by atoms with van der Waals surface area (Å²) < 4.78 is 6.68. The average Bonchev–Trinajstić information content (AvgIpc) is 3.15. The molecule has 232 valence electrons. The second-order valence-corrected chi connectivity index (χ2v) is 11.8. The van der Waals surface area contributed by atoms with Crippen LogP contribution in [0.5, 0.6) is 5.75 Å². The minimum absolute atomic E-state index is 0.0921. The summed E-state index contributed by atoms with van der Waals surface area (Å²) in [4.78, 5) is 57.0. The summed E-state index contributed by atoms with van der Waals surface area (Å²) in [6, 6.07) is 21.8. The van der Waals surface area contributed by atoms with Gasteiger partial charge in [-0.25, -0.2) is 0 Å². The number of para-hydroxylation sites is 2. The number of likely N-dealkylation sites (N-methyl/N-ethyl adjacent to an activating group) is 1. The largest absolute Gasteiger partial charge is 0.496 e. The molecule has 0 saturated heterocycles. The number of ether oxygens (including phenoxy) is 1. The van der Waals surface area contributed by atoms with Gasteiger partial charge in [0.05, 0.1) is 37.6 Å². The maximum Gasteiger partial charge on any atom is 0.258 e. The van der Waals surface area contributed by atoms with Crippen LogP contribution in [-0.2, 0) is 16.1 Å². The van der Waals surface area contributed by atoms with Gasteiger partial charge in [-0.15, -0.1) is 0 Å². The first-order valence-corrected chi connectivity index (χ1v) is 15.5. The zero-order valence-corrected chi connectivity index (χ0v) is 27.2. The topological polar surface area (TPSA) is 108 Å². The lowest BCUT2D eigenvalue weighted by molar-refractivity contribution is -0.128. The molecule has 4 aromatic carbocycles. The van der Waals surface area contributed by atoms with Crippen molar-refractivity contribution in [1.29, 1.82) is 0 Å². The number of halogens is 1. The number of hydrogen-bond donors (Lipinski definition) is 2. The van der Waals surface area contributed by atoms with Crippen molar-refractivity contribution in [3.8, 4) is 5.75 Å². The van der Waals surface area contributed by atoms with Crippen LogP contribution in [0.1, 0.15) is 46.5 Å². The highest BCUT2D eigenvalue weighted by molar-refractivity contribution is 9.10. The molecular formula is C35H35BrN4O5. The third-order valence-corrected chi connectivity index (χ3v) is 8.65. The SMILES string of the molecule is CCC(NC)C(=O)NC1CN(C(=O)c2ccc(C(C)=O)cc2)c2ccccc2N(Cc2c(OC)ccc3cc(Br)ccc23)C1=O. The third-order valence-electron chi connectivity index (χ3n) is 8.15. The maximum atomic E-state index is 14.5. The first-order chi connectivity index (χ1) is 21.7. The highest BCUT2D eigenvalue weighted by Crippen LogP contribution is 2.38. The highest BCUT2D eigenvalue weighted by atomic mass is 79.9. The van der Waals surface area contributed by atoms with Crippen LogP contribution in [0.3, 0.4) is 0 Å². The van der Waals surface area contributed by atoms with Crippen molar-refractivity contribution in [2.45, 2.75) is 38.9 Å². The number of anilines is 2. The van der Waals surface area contributed by atoms with Gasteiger partial charge in [0.25, 0.3) is 11.8 Å². The molecule has 1 aliphatic rings. The number of Topliss-reactive ketones (excluding diaryl/α,β-unsaturated/α-hetero) is 1. The molecule has 2 N–H and O–H groups in total. The van der Waals surface area contributed by atoms with Gasteiger partial charge in [0.1, 0.15) is 11.8 Å². The van der Waals surface area contributed by atoms with E-state index < -0.39 is 12.1 Å². The van der Waals surface area contributed by atoms with Crippen molar-refractivity contribution < 1.29 is 23.9 Å². The van der Waals surface area contributed by atoms with Crippen LogP contribution >= 0.6 is 15.9 Å². The molecule has 4 aromatic rings. The molecule has 2 unspecified atom stereocenters. The number of methoxy groups -OCH3 is 1. The van der Waals surface area contributed by atoms with Crippen LogP contribution in [0.15, 0.2) is 83.3 Å². The quantitative estimate of drug-likeness (QED) is 0.228. The van der Waals surface area contributed by atoms with Gasteiger partial charge in [0, 0.05) is 21.2 Å². The summed E-state index contributed by atoms with van der Waals surface area (Å²) in [6.07, 6.45) is 0.515. The number of ketones is 1. The van der Waals surface area contributed by atoms with Crippen molar-refractivity contribution in [2.75, 3.05) is 30.5 Å². The van der Waals surface area contributed by atoms with E-state index in [1.165, 1.54) is 11.8 Å². The minimum Gasteiger partial charge on any atom is -0.496 e. The Morgan fingerprint density at radius 2 is 1.67 bits per heavy atom. The number of amides is 3. The number of nitrogens with one attached hydrogen (secondary N) is 2. The van der Waals surface area contributed by atoms with Gasteiger partial charge in [0.2, 0.25) is 5.91 Å². The van der Waals surface area contributed by atoms with Crippen LogP contribution < -0.4 is 25.2 Å². The molecule has 0 radical (unpaired) electrons. The maximum absolute atomic E-state index is 14.5. The molecule has 0 aliphatic carbocycles. The monoisotopic (exact) mass is 670 g/mol. The third kappa shape index (κ3) is 6.48. The number of carbonyl (C=O) groups excluding carboxylic acids is 4. The van der Waals surface area contributed by atoms with Gasteiger partial charge >= 0.3 is 0 Å². The fourth-order valence-corrected chi connectivity index (χ4v) is 6.08. The molecule has 0 fully saturated rings. The number of hydrogen-bond acceptors (Lipinski definition) is 6. The predicted molar refractivity (Wildman–Crippen MR) is 179 cm³/mol. The van der Waals surface area contributed by atoms with Crippen LogP contribution in [0.2, 0.25) is 0 Å². The Bertz CT molecular complexity index is 1770. The molecule has 9 nitrogen and oxygen atoms in total. The second kappa shape index (κ2) is 13.6. The van der Waals surface area contributed by atoms with Crippen LogP contribution in [0.4, 0.5) is 11.4 Å². The minimum atomic E-state index is -1.05. The Morgan fingerprint density at radius 3 is 2.31 bits per heavy atom. The summed E-state index contributed by atoms with van der Waals surface area (Å²) in [5, 5.41) is 7.79. The average molecular weight is 672 g/mol. The van der Waals surface area contributed by atoms with Gasteiger partial charge in [-0.1, -0.05) is 59.3 Å². The van der Waals surface area contributed by atoms with E-state index in [9.17, 15) is 19.2 Å². The number of fused-ring (bicyclic) bond motifs is 2. The Hall–Kier alpha value is -4.54. The number of nitrogens with zero attached hydrogens (tertiary/aromatic N) is 2. The van der Waals surface area contributed by atoms with Crippen LogP contribution in [-0.4, -0.2) is 56.3 Å². The van der Waals surface area contributed by atoms with E-state index in [4.69, 9.17) is 4.74 Å². The Balaban J connectivity index is 1.64. The van der Waals surface area contributed by atoms with Crippen molar-refractivity contribution in [1.82, 2.24) is 10.6 Å². The van der Waals surface area contributed by atoms with Crippen molar-refractivity contribution >= 4 is 61.6 Å². The smallest absolute Gasteiger partial charge is 0.258 e. The van der Waals surface area contributed by atoms with Crippen LogP contribution in [0.25, 0.3) is 10.8 Å². The Morgan fingerprint density at radius 1 is 0.978 bits per heavy atom. The van der Waals surface area contributed by atoms with Crippen molar-refractivity contribution in [2.24, 2.45) is 0 Å². The molecule has 2 atom stereocenters. The second-order valence-electron chi connectivity index (χ2n) is 10.9. The van der Waals surface area contributed by atoms with E-state index in [1.807, 2.05) is 49.4 Å². The lowest BCUT2D eigenvalue weighted by Crippen LogP contribution is -2.56. The van der Waals surface area contributed by atoms with E-state index in [-0.39, 0.29) is 36.6 Å². The summed E-state index contributed by atoms with van der Waals surface area (Å²) in [6.45, 7) is 3.38. The molecule has 10 heteroatoms. The van der Waals surface area contributed by atoms with E-state index in [1.54, 1.807) is 55.5 Å². The molecule has 0 bridgehead atoms. The van der Waals surface area contributed by atoms with Crippen molar-refractivity contribution in [3.63, 3.8) is 0 Å². The number of benzene rings is 4. The normalized spacial score (nSPS) is 15.3. The molecule has 0 aromatic heterocycles. The molecule has 45 heavy (non-hydrogen) atoms. The van der Waals surface area contributed by atoms with E-state index in [2.05, 4.69) is 26.6 Å². The fourth-order valence-electron chi connectivity index (χ4n) is 5.70. The molecule has 3 amide bonds. The van der Waals surface area contributed by atoms with E-state index >= 15 is 0 Å². The molecule has 0 saturated carbocycles. The lowest BCUT2D eigenvalue weighted by Gasteiger charge is -2.27. The van der Waals surface area contributed by atoms with E-state index in [0.29, 0.717) is 34.7 Å². The Labute approximate surface area is 270 Å². The molecule has 1 heterocycles. The standard InChI is InChI=1S/C35H35BrN4O5/c1-5-28(37-3)33(42)38-29-20-40(34(43)23-12-10-22(11-13-23)21(2)41)31-9-7-6-8-30(31)39(35(29)44)19-27-26-16-15-25(36)18-24(26)14-17-32(27)45-4/h6-18,28-29,37H,5,19-20H2,1-4H3,(H,38,42). The molecule has 1 aliphatic heterocycles. The van der Waals surface area contributed by atoms with Gasteiger partial charge in [-0.05, 0) is 73.6 Å². The predicted octanol–water partition coefficient (Wildman–Crippen LogP) is 5.49. The zero-order valence-electron chi connectivity index (χ0n) is 25.6. The zero-order chi connectivity index (χ0) is 32.2. The summed E-state index contributed by atoms with van der Waals surface area (Å²) in [5.41, 5.74) is 2.67. The van der Waals surface area contributed by atoms with Gasteiger partial charge < -0.3 is 25.2 Å². The summed E-state index contributed by atoms with van der Waals surface area (Å²) in [7, 11) is 3.28. The first-order valence-electron chi connectivity index (χ1n) is 14.7. The lowest BCUT2D eigenvalue weighted by atomic mass is 10.0. The van der Waals surface area contributed by atoms with Gasteiger partial charge in [-0.2, -0.15) is 0 Å². The molecule has 0 spiro atoms. The number of rotatable bonds is 9. The van der Waals surface area contributed by atoms with Gasteiger partial charge in [0.15, 0.2) is 5.78 Å². The highest BCUT2D eigenvalue weighted by Gasteiger charge is 2.38. The Kier molecular flexibility index (Phi) is 9.65. The summed E-state index contributed by atoms with van der Waals surface area (Å²) in [5.74, 6) is -0.557. The molecular weight excluding hydrogens is 636 g/mol. The fraction of sp³-hybridized carbons (Fsp3) is 0.257. The molecule has 5 rings (SSSR count).